The minimum atomic E-state index is -0.0673. The minimum absolute atomic E-state index is 0.0673. The van der Waals surface area contributed by atoms with E-state index in [0.29, 0.717) is 24.6 Å². The first-order valence-electron chi connectivity index (χ1n) is 11.1. The van der Waals surface area contributed by atoms with Gasteiger partial charge in [-0.15, -0.1) is 11.3 Å². The summed E-state index contributed by atoms with van der Waals surface area (Å²) < 4.78 is 12.5. The molecule has 1 aromatic heterocycles. The zero-order chi connectivity index (χ0) is 24.0. The van der Waals surface area contributed by atoms with Crippen molar-refractivity contribution in [1.82, 2.24) is 4.98 Å². The Hall–Kier alpha value is -2.38. The molecular formula is C26H31BrN2O3S. The molecule has 0 spiro atoms. The molecule has 1 amide bonds. The van der Waals surface area contributed by atoms with Crippen LogP contribution in [0.1, 0.15) is 53.0 Å². The Bertz CT molecular complexity index is 1070. The van der Waals surface area contributed by atoms with E-state index in [4.69, 9.17) is 9.47 Å². The standard InChI is InChI=1S/C26H31BrN2O3S/c1-17(2)32-20-11-8-18(9-12-20)22-16-33-25(28-22)29-24(30)7-6-14-31-23-13-10-19(15-21(23)27)26(3,4)5/h8-13,15-17H,6-7,14H2,1-5H3,(H,28,29,30). The van der Waals surface area contributed by atoms with E-state index in [2.05, 4.69) is 59.1 Å². The molecule has 176 valence electrons. The highest BCUT2D eigenvalue weighted by Gasteiger charge is 2.15. The average Bonchev–Trinajstić information content (AvgIpc) is 3.20. The second-order valence-corrected chi connectivity index (χ2v) is 10.8. The van der Waals surface area contributed by atoms with Gasteiger partial charge < -0.3 is 14.8 Å². The molecule has 0 aliphatic rings. The largest absolute Gasteiger partial charge is 0.492 e. The van der Waals surface area contributed by atoms with E-state index in [0.717, 1.165) is 27.2 Å². The van der Waals surface area contributed by atoms with Gasteiger partial charge in [0.25, 0.3) is 0 Å². The number of carbonyl (C=O) groups excluding carboxylic acids is 1. The highest BCUT2D eigenvalue weighted by atomic mass is 79.9. The predicted molar refractivity (Wildman–Crippen MR) is 140 cm³/mol. The number of nitrogens with one attached hydrogen (secondary N) is 1. The monoisotopic (exact) mass is 530 g/mol. The van der Waals surface area contributed by atoms with Crippen LogP contribution >= 0.6 is 27.3 Å². The number of aromatic nitrogens is 1. The van der Waals surface area contributed by atoms with E-state index in [-0.39, 0.29) is 17.4 Å². The third-order valence-corrected chi connectivity index (χ3v) is 6.25. The number of thiazole rings is 1. The van der Waals surface area contributed by atoms with E-state index in [1.165, 1.54) is 16.9 Å². The Balaban J connectivity index is 1.45. The number of rotatable bonds is 9. The van der Waals surface area contributed by atoms with Gasteiger partial charge in [0, 0.05) is 17.4 Å². The first kappa shape index (κ1) is 25.2. The summed E-state index contributed by atoms with van der Waals surface area (Å²) in [6.45, 7) is 11.0. The lowest BCUT2D eigenvalue weighted by Crippen LogP contribution is -2.13. The van der Waals surface area contributed by atoms with Gasteiger partial charge in [0.1, 0.15) is 11.5 Å². The summed E-state index contributed by atoms with van der Waals surface area (Å²) in [6.07, 6.45) is 1.13. The number of ether oxygens (including phenoxy) is 2. The molecule has 3 rings (SSSR count). The molecule has 0 atom stereocenters. The fourth-order valence-electron chi connectivity index (χ4n) is 3.12. The zero-order valence-electron chi connectivity index (χ0n) is 19.8. The molecule has 7 heteroatoms. The van der Waals surface area contributed by atoms with Crippen LogP contribution in [0.5, 0.6) is 11.5 Å². The van der Waals surface area contributed by atoms with Crippen molar-refractivity contribution < 1.29 is 14.3 Å². The third-order valence-electron chi connectivity index (χ3n) is 4.88. The highest BCUT2D eigenvalue weighted by molar-refractivity contribution is 9.10. The molecule has 0 aliphatic heterocycles. The number of carbonyl (C=O) groups is 1. The summed E-state index contributed by atoms with van der Waals surface area (Å²) in [6, 6.07) is 14.0. The summed E-state index contributed by atoms with van der Waals surface area (Å²) in [5.74, 6) is 1.55. The van der Waals surface area contributed by atoms with Crippen molar-refractivity contribution in [1.29, 1.82) is 0 Å². The lowest BCUT2D eigenvalue weighted by molar-refractivity contribution is -0.116. The molecule has 33 heavy (non-hydrogen) atoms. The van der Waals surface area contributed by atoms with Crippen LogP contribution in [-0.2, 0) is 10.2 Å². The van der Waals surface area contributed by atoms with Gasteiger partial charge in [0.2, 0.25) is 5.91 Å². The SMILES string of the molecule is CC(C)Oc1ccc(-c2csc(NC(=O)CCCOc3ccc(C(C)(C)C)cc3Br)n2)cc1. The van der Waals surface area contributed by atoms with Crippen molar-refractivity contribution in [3.63, 3.8) is 0 Å². The lowest BCUT2D eigenvalue weighted by atomic mass is 9.87. The summed E-state index contributed by atoms with van der Waals surface area (Å²) >= 11 is 5.00. The van der Waals surface area contributed by atoms with Gasteiger partial charge in [-0.05, 0) is 83.6 Å². The second kappa shape index (κ2) is 11.2. The van der Waals surface area contributed by atoms with Crippen molar-refractivity contribution in [2.45, 2.75) is 59.0 Å². The van der Waals surface area contributed by atoms with Crippen LogP contribution in [0, 0.1) is 0 Å². The summed E-state index contributed by atoms with van der Waals surface area (Å²) in [5.41, 5.74) is 3.14. The molecule has 1 N–H and O–H groups in total. The van der Waals surface area contributed by atoms with Crippen LogP contribution in [0.4, 0.5) is 5.13 Å². The molecule has 5 nitrogen and oxygen atoms in total. The molecule has 0 radical (unpaired) electrons. The number of halogens is 1. The van der Waals surface area contributed by atoms with Crippen molar-refractivity contribution in [2.75, 3.05) is 11.9 Å². The van der Waals surface area contributed by atoms with Crippen LogP contribution < -0.4 is 14.8 Å². The van der Waals surface area contributed by atoms with Crippen molar-refractivity contribution >= 4 is 38.3 Å². The molecular weight excluding hydrogens is 500 g/mol. The second-order valence-electron chi connectivity index (χ2n) is 9.12. The Labute approximate surface area is 208 Å². The number of amides is 1. The fourth-order valence-corrected chi connectivity index (χ4v) is 4.35. The number of benzene rings is 2. The Morgan fingerprint density at radius 1 is 1.15 bits per heavy atom. The summed E-state index contributed by atoms with van der Waals surface area (Å²) in [7, 11) is 0. The first-order chi connectivity index (χ1) is 15.6. The van der Waals surface area contributed by atoms with Crippen LogP contribution in [0.2, 0.25) is 0 Å². The fraction of sp³-hybridized carbons (Fsp3) is 0.385. The van der Waals surface area contributed by atoms with Crippen LogP contribution in [0.25, 0.3) is 11.3 Å². The highest BCUT2D eigenvalue weighted by Crippen LogP contribution is 2.31. The maximum atomic E-state index is 12.3. The van der Waals surface area contributed by atoms with Crippen molar-refractivity contribution in [3.8, 4) is 22.8 Å². The molecule has 0 saturated heterocycles. The molecule has 3 aromatic rings. The zero-order valence-corrected chi connectivity index (χ0v) is 22.2. The van der Waals surface area contributed by atoms with E-state index in [1.54, 1.807) is 0 Å². The first-order valence-corrected chi connectivity index (χ1v) is 12.7. The van der Waals surface area contributed by atoms with Crippen molar-refractivity contribution in [2.24, 2.45) is 0 Å². The number of hydrogen-bond acceptors (Lipinski definition) is 5. The maximum Gasteiger partial charge on any atom is 0.226 e. The van der Waals surface area contributed by atoms with E-state index in [9.17, 15) is 4.79 Å². The van der Waals surface area contributed by atoms with E-state index < -0.39 is 0 Å². The summed E-state index contributed by atoms with van der Waals surface area (Å²) in [4.78, 5) is 16.8. The quantitative estimate of drug-likeness (QED) is 0.291. The van der Waals surface area contributed by atoms with Gasteiger partial charge in [-0.25, -0.2) is 4.98 Å². The van der Waals surface area contributed by atoms with E-state index >= 15 is 0 Å². The van der Waals surface area contributed by atoms with Crippen LogP contribution in [-0.4, -0.2) is 23.6 Å². The number of nitrogens with zero attached hydrogens (tertiary/aromatic N) is 1. The molecule has 0 bridgehead atoms. The third kappa shape index (κ3) is 7.57. The van der Waals surface area contributed by atoms with Crippen LogP contribution in [0.3, 0.4) is 0 Å². The topological polar surface area (TPSA) is 60.5 Å². The maximum absolute atomic E-state index is 12.3. The van der Waals surface area contributed by atoms with Gasteiger partial charge in [-0.3, -0.25) is 4.79 Å². The Morgan fingerprint density at radius 2 is 1.88 bits per heavy atom. The van der Waals surface area contributed by atoms with Gasteiger partial charge in [-0.1, -0.05) is 26.8 Å². The average molecular weight is 532 g/mol. The number of anilines is 1. The van der Waals surface area contributed by atoms with Crippen LogP contribution in [0.15, 0.2) is 52.3 Å². The van der Waals surface area contributed by atoms with Gasteiger partial charge in [0.15, 0.2) is 5.13 Å². The van der Waals surface area contributed by atoms with E-state index in [1.807, 2.05) is 49.6 Å². The smallest absolute Gasteiger partial charge is 0.226 e. The number of hydrogen-bond donors (Lipinski definition) is 1. The predicted octanol–water partition coefficient (Wildman–Crippen LogP) is 7.46. The molecule has 0 aliphatic carbocycles. The summed E-state index contributed by atoms with van der Waals surface area (Å²) in [5, 5.41) is 5.42. The lowest BCUT2D eigenvalue weighted by Gasteiger charge is -2.20. The Kier molecular flexibility index (Phi) is 8.54. The van der Waals surface area contributed by atoms with Gasteiger partial charge in [0.05, 0.1) is 22.9 Å². The molecule has 1 heterocycles. The van der Waals surface area contributed by atoms with Gasteiger partial charge >= 0.3 is 0 Å². The molecule has 0 saturated carbocycles. The molecule has 2 aromatic carbocycles. The molecule has 0 fully saturated rings. The molecule has 0 unspecified atom stereocenters. The van der Waals surface area contributed by atoms with Gasteiger partial charge in [-0.2, -0.15) is 0 Å². The minimum Gasteiger partial charge on any atom is -0.492 e. The van der Waals surface area contributed by atoms with Crippen molar-refractivity contribution in [3.05, 3.63) is 57.9 Å². The normalized spacial score (nSPS) is 11.5. The Morgan fingerprint density at radius 3 is 2.52 bits per heavy atom.